The van der Waals surface area contributed by atoms with Gasteiger partial charge in [0, 0.05) is 36.6 Å². The Balaban J connectivity index is 1.16. The SMILES string of the molecule is C=C[C@H]1CN2CC[C@H]1C[C@@H]2[C@H](OCc1cn(/C=C/n2nnc3ccccc32)nn1)c1ccnc2ccc(OC)cc12. The zero-order valence-electron chi connectivity index (χ0n) is 23.0. The minimum atomic E-state index is -0.164. The quantitative estimate of drug-likeness (QED) is 0.242. The van der Waals surface area contributed by atoms with Gasteiger partial charge < -0.3 is 9.47 Å². The lowest BCUT2D eigenvalue weighted by atomic mass is 9.73. The first-order valence-corrected chi connectivity index (χ1v) is 14.0. The summed E-state index contributed by atoms with van der Waals surface area (Å²) in [6.07, 6.45) is 11.6. The van der Waals surface area contributed by atoms with Gasteiger partial charge in [-0.05, 0) is 73.2 Å². The second-order valence-corrected chi connectivity index (χ2v) is 10.8. The lowest BCUT2D eigenvalue weighted by Gasteiger charge is -2.51. The van der Waals surface area contributed by atoms with Crippen LogP contribution in [-0.4, -0.2) is 66.1 Å². The van der Waals surface area contributed by atoms with Crippen molar-refractivity contribution >= 4 is 34.3 Å². The van der Waals surface area contributed by atoms with Crippen LogP contribution in [0.1, 0.15) is 30.2 Å². The number of pyridine rings is 1. The molecule has 8 rings (SSSR count). The molecule has 6 heterocycles. The Hall–Kier alpha value is -4.41. The van der Waals surface area contributed by atoms with Crippen LogP contribution in [0.2, 0.25) is 0 Å². The summed E-state index contributed by atoms with van der Waals surface area (Å²) in [7, 11) is 1.69. The molecule has 2 aromatic carbocycles. The smallest absolute Gasteiger partial charge is 0.119 e. The largest absolute Gasteiger partial charge is 0.497 e. The maximum atomic E-state index is 6.77. The van der Waals surface area contributed by atoms with E-state index in [9.17, 15) is 0 Å². The van der Waals surface area contributed by atoms with E-state index in [1.165, 1.54) is 6.42 Å². The summed E-state index contributed by atoms with van der Waals surface area (Å²) < 4.78 is 15.7. The summed E-state index contributed by atoms with van der Waals surface area (Å²) in [5.41, 5.74) is 4.55. The zero-order valence-corrected chi connectivity index (χ0v) is 23.0. The second-order valence-electron chi connectivity index (χ2n) is 10.8. The molecule has 3 fully saturated rings. The van der Waals surface area contributed by atoms with Gasteiger partial charge in [0.15, 0.2) is 0 Å². The molecular weight excluding hydrogens is 516 g/mol. The Labute approximate surface area is 237 Å². The molecule has 0 aliphatic carbocycles. The fourth-order valence-electron chi connectivity index (χ4n) is 6.38. The first-order chi connectivity index (χ1) is 20.2. The van der Waals surface area contributed by atoms with Crippen molar-refractivity contribution in [2.75, 3.05) is 20.2 Å². The van der Waals surface area contributed by atoms with Crippen LogP contribution in [0.4, 0.5) is 0 Å². The molecule has 41 heavy (non-hydrogen) atoms. The van der Waals surface area contributed by atoms with E-state index in [4.69, 9.17) is 9.47 Å². The van der Waals surface area contributed by atoms with E-state index in [1.54, 1.807) is 22.7 Å². The van der Waals surface area contributed by atoms with Gasteiger partial charge in [0.2, 0.25) is 0 Å². The van der Waals surface area contributed by atoms with Gasteiger partial charge in [-0.3, -0.25) is 9.88 Å². The number of rotatable bonds is 9. The standard InChI is InChI=1S/C31H32N8O2/c1-3-21-18-37-13-11-22(21)16-30(37)31(25-10-12-32-27-9-8-24(40-2)17-26(25)27)41-20-23-19-38(35-33-23)14-15-39-29-7-5-4-6-28(29)34-36-39/h3-10,12,14-15,17,19,21-22,30-31H,1,11,13,16,18,20H2,2H3/b15-14+/t21-,22-,30+,31+/m0/s1. The fraction of sp³-hybridized carbons (Fsp3) is 0.323. The van der Waals surface area contributed by atoms with Gasteiger partial charge in [-0.15, -0.1) is 16.8 Å². The van der Waals surface area contributed by atoms with Gasteiger partial charge in [-0.25, -0.2) is 9.36 Å². The molecule has 208 valence electrons. The van der Waals surface area contributed by atoms with Crippen molar-refractivity contribution in [1.29, 1.82) is 0 Å². The molecule has 3 aliphatic heterocycles. The molecule has 10 heteroatoms. The third kappa shape index (κ3) is 4.89. The molecule has 3 saturated heterocycles. The van der Waals surface area contributed by atoms with Crippen LogP contribution in [0, 0.1) is 11.8 Å². The van der Waals surface area contributed by atoms with E-state index in [1.807, 2.05) is 55.0 Å². The maximum Gasteiger partial charge on any atom is 0.119 e. The van der Waals surface area contributed by atoms with E-state index >= 15 is 0 Å². The van der Waals surface area contributed by atoms with E-state index in [0.717, 1.165) is 58.5 Å². The molecule has 0 N–H and O–H groups in total. The number of fused-ring (bicyclic) bond motifs is 5. The maximum absolute atomic E-state index is 6.77. The predicted molar refractivity (Wildman–Crippen MR) is 157 cm³/mol. The molecule has 0 spiro atoms. The average molecular weight is 549 g/mol. The van der Waals surface area contributed by atoms with E-state index < -0.39 is 0 Å². The van der Waals surface area contributed by atoms with Crippen LogP contribution < -0.4 is 4.74 Å². The van der Waals surface area contributed by atoms with E-state index in [-0.39, 0.29) is 12.1 Å². The highest BCUT2D eigenvalue weighted by Gasteiger charge is 2.43. The summed E-state index contributed by atoms with van der Waals surface area (Å²) in [5, 5.41) is 18.1. The third-order valence-electron chi connectivity index (χ3n) is 8.50. The average Bonchev–Trinajstić information content (AvgIpc) is 3.67. The minimum absolute atomic E-state index is 0.164. The van der Waals surface area contributed by atoms with Gasteiger partial charge in [0.1, 0.15) is 17.0 Å². The molecular formula is C31H32N8O2. The summed E-state index contributed by atoms with van der Waals surface area (Å²) in [4.78, 5) is 7.19. The van der Waals surface area contributed by atoms with Crippen LogP contribution in [-0.2, 0) is 11.3 Å². The topological polar surface area (TPSA) is 96.0 Å². The number of methoxy groups -OCH3 is 1. The Kier molecular flexibility index (Phi) is 6.77. The Morgan fingerprint density at radius 3 is 2.85 bits per heavy atom. The predicted octanol–water partition coefficient (Wildman–Crippen LogP) is 4.82. The number of ether oxygens (including phenoxy) is 2. The second kappa shape index (κ2) is 10.9. The molecule has 1 unspecified atom stereocenters. The highest BCUT2D eigenvalue weighted by atomic mass is 16.5. The van der Waals surface area contributed by atoms with Gasteiger partial charge in [0.05, 0.1) is 37.1 Å². The molecule has 3 aromatic heterocycles. The number of hydrogen-bond acceptors (Lipinski definition) is 8. The van der Waals surface area contributed by atoms with Gasteiger partial charge in [0.25, 0.3) is 0 Å². The summed E-state index contributed by atoms with van der Waals surface area (Å²) in [5.74, 6) is 1.96. The van der Waals surface area contributed by atoms with Crippen LogP contribution >= 0.6 is 0 Å². The Morgan fingerprint density at radius 2 is 2.00 bits per heavy atom. The van der Waals surface area contributed by atoms with Crippen LogP contribution in [0.25, 0.3) is 34.3 Å². The van der Waals surface area contributed by atoms with Crippen molar-refractivity contribution in [2.45, 2.75) is 31.6 Å². The molecule has 0 radical (unpaired) electrons. The number of benzene rings is 2. The van der Waals surface area contributed by atoms with Crippen LogP contribution in [0.3, 0.4) is 0 Å². The molecule has 0 saturated carbocycles. The number of aromatic nitrogens is 7. The summed E-state index contributed by atoms with van der Waals surface area (Å²) >= 11 is 0. The molecule has 0 amide bonds. The first-order valence-electron chi connectivity index (χ1n) is 14.0. The summed E-state index contributed by atoms with van der Waals surface area (Å²) in [6.45, 7) is 6.53. The summed E-state index contributed by atoms with van der Waals surface area (Å²) in [6, 6.07) is 16.2. The van der Waals surface area contributed by atoms with Crippen molar-refractivity contribution in [1.82, 2.24) is 39.9 Å². The van der Waals surface area contributed by atoms with Gasteiger partial charge in [-0.2, -0.15) is 0 Å². The Bertz CT molecular complexity index is 1730. The number of nitrogens with zero attached hydrogens (tertiary/aromatic N) is 8. The normalized spacial score (nSPS) is 23.0. The minimum Gasteiger partial charge on any atom is -0.497 e. The van der Waals surface area contributed by atoms with Crippen molar-refractivity contribution in [3.63, 3.8) is 0 Å². The monoisotopic (exact) mass is 548 g/mol. The lowest BCUT2D eigenvalue weighted by molar-refractivity contribution is -0.0809. The number of hydrogen-bond donors (Lipinski definition) is 0. The molecule has 3 aliphatic rings. The molecule has 5 atom stereocenters. The third-order valence-corrected chi connectivity index (χ3v) is 8.50. The molecule has 2 bridgehead atoms. The van der Waals surface area contributed by atoms with Crippen molar-refractivity contribution in [3.05, 3.63) is 84.8 Å². The van der Waals surface area contributed by atoms with Crippen LogP contribution in [0.5, 0.6) is 5.75 Å². The van der Waals surface area contributed by atoms with Crippen molar-refractivity contribution in [2.24, 2.45) is 11.8 Å². The highest BCUT2D eigenvalue weighted by Crippen LogP contribution is 2.44. The molecule has 5 aromatic rings. The highest BCUT2D eigenvalue weighted by molar-refractivity contribution is 5.84. The Morgan fingerprint density at radius 1 is 1.07 bits per heavy atom. The lowest BCUT2D eigenvalue weighted by Crippen LogP contribution is -2.55. The number of piperidine rings is 3. The zero-order chi connectivity index (χ0) is 27.8. The van der Waals surface area contributed by atoms with Gasteiger partial charge in [-0.1, -0.05) is 28.6 Å². The van der Waals surface area contributed by atoms with Gasteiger partial charge >= 0.3 is 0 Å². The fourth-order valence-corrected chi connectivity index (χ4v) is 6.38. The first kappa shape index (κ1) is 25.6. The van der Waals surface area contributed by atoms with E-state index in [0.29, 0.717) is 18.4 Å². The van der Waals surface area contributed by atoms with Crippen molar-refractivity contribution in [3.8, 4) is 5.75 Å². The molecule has 10 nitrogen and oxygen atoms in total. The number of para-hydroxylation sites is 1. The van der Waals surface area contributed by atoms with Crippen LogP contribution in [0.15, 0.2) is 73.6 Å². The van der Waals surface area contributed by atoms with E-state index in [2.05, 4.69) is 55.3 Å². The van der Waals surface area contributed by atoms with Crippen molar-refractivity contribution < 1.29 is 9.47 Å².